The minimum atomic E-state index is -0.631. The second-order valence-corrected chi connectivity index (χ2v) is 4.66. The number of nitrogens with zero attached hydrogens (tertiary/aromatic N) is 1. The average molecular weight is 287 g/mol. The lowest BCUT2D eigenvalue weighted by molar-refractivity contribution is -0.384. The van der Waals surface area contributed by atoms with Crippen LogP contribution in [0.3, 0.4) is 0 Å². The first-order chi connectivity index (χ1) is 8.95. The Labute approximate surface area is 115 Å². The van der Waals surface area contributed by atoms with E-state index in [9.17, 15) is 14.9 Å². The van der Waals surface area contributed by atoms with Gasteiger partial charge in [-0.3, -0.25) is 14.9 Å². The molecule has 6 nitrogen and oxygen atoms in total. The zero-order chi connectivity index (χ0) is 14.4. The van der Waals surface area contributed by atoms with E-state index in [0.29, 0.717) is 13.0 Å². The number of carbonyl (C=O) groups is 1. The molecule has 0 fully saturated rings. The summed E-state index contributed by atoms with van der Waals surface area (Å²) in [7, 11) is 0. The van der Waals surface area contributed by atoms with Gasteiger partial charge in [-0.2, -0.15) is 0 Å². The van der Waals surface area contributed by atoms with E-state index >= 15 is 0 Å². The molecule has 1 atom stereocenters. The first-order valence-corrected chi connectivity index (χ1v) is 6.16. The van der Waals surface area contributed by atoms with Crippen LogP contribution in [0.25, 0.3) is 0 Å². The van der Waals surface area contributed by atoms with Gasteiger partial charge in [-0.05, 0) is 24.5 Å². The van der Waals surface area contributed by atoms with Crippen LogP contribution in [0.5, 0.6) is 0 Å². The van der Waals surface area contributed by atoms with E-state index in [4.69, 9.17) is 16.7 Å². The Morgan fingerprint density at radius 2 is 2.26 bits per heavy atom. The number of hydrogen-bond acceptors (Lipinski definition) is 4. The number of nitro benzene ring substituents is 1. The lowest BCUT2D eigenvalue weighted by atomic mass is 10.1. The Hall–Kier alpha value is -1.66. The number of nitrogens with one attached hydrogen (secondary N) is 1. The van der Waals surface area contributed by atoms with E-state index in [-0.39, 0.29) is 28.8 Å². The van der Waals surface area contributed by atoms with Gasteiger partial charge in [0, 0.05) is 24.8 Å². The third-order valence-corrected chi connectivity index (χ3v) is 2.96. The minimum absolute atomic E-state index is 0.00445. The van der Waals surface area contributed by atoms with Crippen LogP contribution in [0.15, 0.2) is 18.2 Å². The molecule has 0 aromatic heterocycles. The van der Waals surface area contributed by atoms with Crippen molar-refractivity contribution in [3.8, 4) is 0 Å². The largest absolute Gasteiger partial charge is 0.396 e. The molecule has 104 valence electrons. The molecule has 1 rings (SSSR count). The molecule has 7 heteroatoms. The standard InChI is InChI=1S/C12H15ClN2O4/c1-8(4-5-16)7-14-12(17)9-2-3-10(13)11(6-9)15(18)19/h2-3,6,8,16H,4-5,7H2,1H3,(H,14,17). The molecule has 0 saturated heterocycles. The van der Waals surface area contributed by atoms with E-state index in [0.717, 1.165) is 6.07 Å². The summed E-state index contributed by atoms with van der Waals surface area (Å²) < 4.78 is 0. The summed E-state index contributed by atoms with van der Waals surface area (Å²) >= 11 is 5.66. The number of amides is 1. The van der Waals surface area contributed by atoms with Crippen LogP contribution in [0.1, 0.15) is 23.7 Å². The van der Waals surface area contributed by atoms with E-state index in [1.54, 1.807) is 0 Å². The summed E-state index contributed by atoms with van der Waals surface area (Å²) in [5.41, 5.74) is -0.106. The number of hydrogen-bond donors (Lipinski definition) is 2. The third-order valence-electron chi connectivity index (χ3n) is 2.64. The molecule has 1 amide bonds. The highest BCUT2D eigenvalue weighted by Crippen LogP contribution is 2.24. The molecular formula is C12H15ClN2O4. The molecule has 0 aliphatic rings. The molecule has 1 aromatic rings. The number of nitro groups is 1. The quantitative estimate of drug-likeness (QED) is 0.618. The Morgan fingerprint density at radius 3 is 2.84 bits per heavy atom. The van der Waals surface area contributed by atoms with E-state index in [2.05, 4.69) is 5.32 Å². The first kappa shape index (κ1) is 15.4. The van der Waals surface area contributed by atoms with Gasteiger partial charge in [0.15, 0.2) is 0 Å². The SMILES string of the molecule is CC(CCO)CNC(=O)c1ccc(Cl)c([N+](=O)[O-])c1. The van der Waals surface area contributed by atoms with Crippen LogP contribution < -0.4 is 5.32 Å². The van der Waals surface area contributed by atoms with E-state index in [1.165, 1.54) is 12.1 Å². The summed E-state index contributed by atoms with van der Waals surface area (Å²) in [5, 5.41) is 22.1. The van der Waals surface area contributed by atoms with Gasteiger partial charge in [-0.15, -0.1) is 0 Å². The summed E-state index contributed by atoms with van der Waals surface area (Å²) in [4.78, 5) is 21.9. The first-order valence-electron chi connectivity index (χ1n) is 5.78. The lowest BCUT2D eigenvalue weighted by Crippen LogP contribution is -2.28. The number of rotatable bonds is 6. The van der Waals surface area contributed by atoms with Gasteiger partial charge in [0.05, 0.1) is 4.92 Å². The van der Waals surface area contributed by atoms with Crippen LogP contribution in [0.4, 0.5) is 5.69 Å². The highest BCUT2D eigenvalue weighted by atomic mass is 35.5. The van der Waals surface area contributed by atoms with Crippen LogP contribution in [-0.2, 0) is 0 Å². The number of carbonyl (C=O) groups excluding carboxylic acids is 1. The maximum Gasteiger partial charge on any atom is 0.288 e. The van der Waals surface area contributed by atoms with Crippen molar-refractivity contribution in [3.05, 3.63) is 38.9 Å². The lowest BCUT2D eigenvalue weighted by Gasteiger charge is -2.11. The molecule has 0 heterocycles. The van der Waals surface area contributed by atoms with Crippen molar-refractivity contribution in [2.45, 2.75) is 13.3 Å². The van der Waals surface area contributed by atoms with Gasteiger partial charge in [-0.1, -0.05) is 18.5 Å². The van der Waals surface area contributed by atoms with Gasteiger partial charge in [-0.25, -0.2) is 0 Å². The number of halogens is 1. The average Bonchev–Trinajstić information content (AvgIpc) is 2.36. The van der Waals surface area contributed by atoms with Gasteiger partial charge >= 0.3 is 0 Å². The summed E-state index contributed by atoms with van der Waals surface area (Å²) in [6.07, 6.45) is 0.584. The Morgan fingerprint density at radius 1 is 1.58 bits per heavy atom. The summed E-state index contributed by atoms with van der Waals surface area (Å²) in [6.45, 7) is 2.35. The van der Waals surface area contributed by atoms with Crippen LogP contribution in [0.2, 0.25) is 5.02 Å². The fraction of sp³-hybridized carbons (Fsp3) is 0.417. The van der Waals surface area contributed by atoms with Crippen molar-refractivity contribution in [1.82, 2.24) is 5.32 Å². The highest BCUT2D eigenvalue weighted by molar-refractivity contribution is 6.32. The molecule has 0 spiro atoms. The number of aliphatic hydroxyl groups excluding tert-OH is 1. The number of aliphatic hydroxyl groups is 1. The van der Waals surface area contributed by atoms with Gasteiger partial charge < -0.3 is 10.4 Å². The second-order valence-electron chi connectivity index (χ2n) is 4.25. The van der Waals surface area contributed by atoms with Crippen molar-refractivity contribution in [3.63, 3.8) is 0 Å². The molecule has 0 aliphatic heterocycles. The Bertz CT molecular complexity index is 479. The maximum absolute atomic E-state index is 11.8. The predicted octanol–water partition coefficient (Wildman–Crippen LogP) is 2.00. The Kier molecular flexibility index (Phi) is 5.72. The number of benzene rings is 1. The molecule has 0 radical (unpaired) electrons. The van der Waals surface area contributed by atoms with Crippen LogP contribution >= 0.6 is 11.6 Å². The molecule has 1 unspecified atom stereocenters. The van der Waals surface area contributed by atoms with Crippen molar-refractivity contribution >= 4 is 23.2 Å². The fourth-order valence-electron chi connectivity index (χ4n) is 1.49. The van der Waals surface area contributed by atoms with Gasteiger partial charge in [0.25, 0.3) is 11.6 Å². The molecular weight excluding hydrogens is 272 g/mol. The monoisotopic (exact) mass is 286 g/mol. The summed E-state index contributed by atoms with van der Waals surface area (Å²) in [5.74, 6) is -0.263. The molecule has 0 aliphatic carbocycles. The highest BCUT2D eigenvalue weighted by Gasteiger charge is 2.16. The predicted molar refractivity (Wildman–Crippen MR) is 71.3 cm³/mol. The van der Waals surface area contributed by atoms with Crippen LogP contribution in [-0.4, -0.2) is 29.1 Å². The van der Waals surface area contributed by atoms with E-state index in [1.807, 2.05) is 6.92 Å². The van der Waals surface area contributed by atoms with E-state index < -0.39 is 10.8 Å². The smallest absolute Gasteiger partial charge is 0.288 e. The normalized spacial score (nSPS) is 11.9. The fourth-order valence-corrected chi connectivity index (χ4v) is 1.67. The molecule has 2 N–H and O–H groups in total. The zero-order valence-electron chi connectivity index (χ0n) is 10.4. The molecule has 19 heavy (non-hydrogen) atoms. The minimum Gasteiger partial charge on any atom is -0.396 e. The zero-order valence-corrected chi connectivity index (χ0v) is 11.2. The van der Waals surface area contributed by atoms with Crippen molar-refractivity contribution in [1.29, 1.82) is 0 Å². The topological polar surface area (TPSA) is 92.5 Å². The second kappa shape index (κ2) is 7.06. The maximum atomic E-state index is 11.8. The van der Waals surface area contributed by atoms with Crippen molar-refractivity contribution < 1.29 is 14.8 Å². The molecule has 0 saturated carbocycles. The van der Waals surface area contributed by atoms with Crippen LogP contribution in [0, 0.1) is 16.0 Å². The molecule has 1 aromatic carbocycles. The van der Waals surface area contributed by atoms with Crippen molar-refractivity contribution in [2.75, 3.05) is 13.2 Å². The Balaban J connectivity index is 2.72. The third kappa shape index (κ3) is 4.50. The van der Waals surface area contributed by atoms with Gasteiger partial charge in [0.1, 0.15) is 5.02 Å². The van der Waals surface area contributed by atoms with Crippen molar-refractivity contribution in [2.24, 2.45) is 5.92 Å². The summed E-state index contributed by atoms with van der Waals surface area (Å²) in [6, 6.07) is 3.90. The van der Waals surface area contributed by atoms with Gasteiger partial charge in [0.2, 0.25) is 0 Å². The molecule has 0 bridgehead atoms.